The van der Waals surface area contributed by atoms with Gasteiger partial charge in [-0.3, -0.25) is 4.79 Å². The number of hydrogen-bond donors (Lipinski definition) is 0. The molecule has 1 aromatic rings. The van der Waals surface area contributed by atoms with Crippen LogP contribution in [-0.2, 0) is 5.92 Å². The summed E-state index contributed by atoms with van der Waals surface area (Å²) in [6.45, 7) is 0.936. The average molecular weight is 238 g/mol. The number of ketones is 1. The quantitative estimate of drug-likeness (QED) is 0.568. The van der Waals surface area contributed by atoms with Crippen LogP contribution in [0.2, 0.25) is 0 Å². The van der Waals surface area contributed by atoms with Crippen molar-refractivity contribution in [2.24, 2.45) is 0 Å². The van der Waals surface area contributed by atoms with E-state index in [9.17, 15) is 26.7 Å². The van der Waals surface area contributed by atoms with Crippen molar-refractivity contribution >= 4 is 5.78 Å². The Balaban J connectivity index is 3.39. The molecule has 0 saturated carbocycles. The van der Waals surface area contributed by atoms with Crippen LogP contribution in [0.4, 0.5) is 22.0 Å². The first-order chi connectivity index (χ1) is 7.18. The van der Waals surface area contributed by atoms with E-state index in [0.29, 0.717) is 6.07 Å². The van der Waals surface area contributed by atoms with E-state index in [1.807, 2.05) is 0 Å². The van der Waals surface area contributed by atoms with E-state index < -0.39 is 29.0 Å². The summed E-state index contributed by atoms with van der Waals surface area (Å²) in [5.41, 5.74) is -1.93. The van der Waals surface area contributed by atoms with Gasteiger partial charge in [0.25, 0.3) is 0 Å². The number of Topliss-reactive ketones (excluding diaryl/α,β-unsaturated/α-hetero) is 1. The predicted molar refractivity (Wildman–Crippen MR) is 46.4 cm³/mol. The molecule has 0 aliphatic carbocycles. The van der Waals surface area contributed by atoms with Crippen molar-refractivity contribution in [3.8, 4) is 0 Å². The summed E-state index contributed by atoms with van der Waals surface area (Å²) in [6.07, 6.45) is -5.71. The van der Waals surface area contributed by atoms with Gasteiger partial charge in [0.2, 0.25) is 0 Å². The highest BCUT2D eigenvalue weighted by atomic mass is 19.4. The van der Waals surface area contributed by atoms with Gasteiger partial charge in [0, 0.05) is 11.1 Å². The van der Waals surface area contributed by atoms with Gasteiger partial charge in [-0.2, -0.15) is 22.0 Å². The molecule has 0 unspecified atom stereocenters. The Morgan fingerprint density at radius 2 is 1.56 bits per heavy atom. The van der Waals surface area contributed by atoms with E-state index in [2.05, 4.69) is 0 Å². The van der Waals surface area contributed by atoms with Crippen molar-refractivity contribution in [3.05, 3.63) is 35.4 Å². The number of rotatable bonds is 2. The van der Waals surface area contributed by atoms with Crippen LogP contribution in [0.25, 0.3) is 0 Å². The molecule has 0 aromatic heterocycles. The molecule has 1 aromatic carbocycles. The topological polar surface area (TPSA) is 17.1 Å². The normalized spacial score (nSPS) is 12.6. The maximum absolute atomic E-state index is 13.0. The third-order valence-electron chi connectivity index (χ3n) is 2.00. The molecule has 1 rings (SSSR count). The van der Waals surface area contributed by atoms with Crippen molar-refractivity contribution in [1.82, 2.24) is 0 Å². The van der Waals surface area contributed by atoms with Gasteiger partial charge in [-0.1, -0.05) is 24.3 Å². The van der Waals surface area contributed by atoms with Crippen LogP contribution >= 0.6 is 0 Å². The third kappa shape index (κ3) is 2.05. The van der Waals surface area contributed by atoms with Crippen molar-refractivity contribution in [3.63, 3.8) is 0 Å². The summed E-state index contributed by atoms with van der Waals surface area (Å²) in [5.74, 6) is -5.85. The standard InChI is InChI=1S/C10H7F5O/c1-6(16)7-4-2-3-5-8(7)9(11,12)10(13,14)15/h2-5H,1H3. The second kappa shape index (κ2) is 3.84. The van der Waals surface area contributed by atoms with Crippen LogP contribution < -0.4 is 0 Å². The molecule has 0 atom stereocenters. The molecule has 1 nitrogen and oxygen atoms in total. The Hall–Kier alpha value is -1.46. The average Bonchev–Trinajstić information content (AvgIpc) is 2.16. The minimum Gasteiger partial charge on any atom is -0.294 e. The second-order valence-corrected chi connectivity index (χ2v) is 3.17. The molecule has 0 radical (unpaired) electrons. The van der Waals surface area contributed by atoms with Crippen molar-refractivity contribution in [2.45, 2.75) is 19.0 Å². The van der Waals surface area contributed by atoms with Crippen molar-refractivity contribution in [1.29, 1.82) is 0 Å². The Labute approximate surface area is 87.9 Å². The molecule has 0 heterocycles. The minimum atomic E-state index is -5.71. The molecule has 0 aliphatic rings. The molecule has 0 fully saturated rings. The van der Waals surface area contributed by atoms with Crippen molar-refractivity contribution in [2.75, 3.05) is 0 Å². The number of hydrogen-bond acceptors (Lipinski definition) is 1. The molecule has 0 spiro atoms. The van der Waals surface area contributed by atoms with Crippen LogP contribution in [0.3, 0.4) is 0 Å². The van der Waals surface area contributed by atoms with E-state index >= 15 is 0 Å². The summed E-state index contributed by atoms with van der Waals surface area (Å²) in [4.78, 5) is 10.9. The number of carbonyl (C=O) groups is 1. The van der Waals surface area contributed by atoms with Crippen LogP contribution in [0.1, 0.15) is 22.8 Å². The summed E-state index contributed by atoms with van der Waals surface area (Å²) in [5, 5.41) is 0. The zero-order valence-corrected chi connectivity index (χ0v) is 8.11. The lowest BCUT2D eigenvalue weighted by Crippen LogP contribution is -2.35. The Bertz CT molecular complexity index is 408. The van der Waals surface area contributed by atoms with Gasteiger partial charge in [-0.25, -0.2) is 0 Å². The molecule has 0 aliphatic heterocycles. The first-order valence-electron chi connectivity index (χ1n) is 4.23. The lowest BCUT2D eigenvalue weighted by Gasteiger charge is -2.21. The van der Waals surface area contributed by atoms with Crippen molar-refractivity contribution < 1.29 is 26.7 Å². The van der Waals surface area contributed by atoms with E-state index in [-0.39, 0.29) is 0 Å². The van der Waals surface area contributed by atoms with Crippen LogP contribution in [0.5, 0.6) is 0 Å². The maximum atomic E-state index is 13.0. The zero-order valence-electron chi connectivity index (χ0n) is 8.11. The highest BCUT2D eigenvalue weighted by molar-refractivity contribution is 5.95. The summed E-state index contributed by atoms with van der Waals surface area (Å²) >= 11 is 0. The molecule has 0 saturated heterocycles. The van der Waals surface area contributed by atoms with Crippen LogP contribution in [-0.4, -0.2) is 12.0 Å². The molecule has 0 bridgehead atoms. The highest BCUT2D eigenvalue weighted by Crippen LogP contribution is 2.44. The summed E-state index contributed by atoms with van der Waals surface area (Å²) in [6, 6.07) is 3.80. The molecule has 6 heteroatoms. The van der Waals surface area contributed by atoms with E-state index in [1.165, 1.54) is 6.07 Å². The van der Waals surface area contributed by atoms with Gasteiger partial charge in [0.05, 0.1) is 0 Å². The van der Waals surface area contributed by atoms with Gasteiger partial charge < -0.3 is 0 Å². The third-order valence-corrected chi connectivity index (χ3v) is 2.00. The van der Waals surface area contributed by atoms with Crippen LogP contribution in [0.15, 0.2) is 24.3 Å². The molecular weight excluding hydrogens is 231 g/mol. The lowest BCUT2D eigenvalue weighted by molar-refractivity contribution is -0.289. The van der Waals surface area contributed by atoms with Gasteiger partial charge in [-0.05, 0) is 6.92 Å². The second-order valence-electron chi connectivity index (χ2n) is 3.17. The molecular formula is C10H7F5O. The Morgan fingerprint density at radius 3 is 2.00 bits per heavy atom. The minimum absolute atomic E-state index is 0.601. The zero-order chi connectivity index (χ0) is 12.6. The Morgan fingerprint density at radius 1 is 1.06 bits per heavy atom. The number of halogens is 5. The molecule has 88 valence electrons. The largest absolute Gasteiger partial charge is 0.458 e. The number of carbonyl (C=O) groups excluding carboxylic acids is 1. The SMILES string of the molecule is CC(=O)c1ccccc1C(F)(F)C(F)(F)F. The molecule has 0 amide bonds. The highest BCUT2D eigenvalue weighted by Gasteiger charge is 2.59. The van der Waals surface area contributed by atoms with Gasteiger partial charge in [0.15, 0.2) is 5.78 Å². The number of alkyl halides is 5. The summed E-state index contributed by atoms with van der Waals surface area (Å²) in [7, 11) is 0. The fourth-order valence-electron chi connectivity index (χ4n) is 1.22. The summed E-state index contributed by atoms with van der Waals surface area (Å²) < 4.78 is 62.3. The molecule has 0 N–H and O–H groups in total. The molecule has 16 heavy (non-hydrogen) atoms. The first-order valence-corrected chi connectivity index (χ1v) is 4.23. The van der Waals surface area contributed by atoms with E-state index in [4.69, 9.17) is 0 Å². The van der Waals surface area contributed by atoms with Crippen LogP contribution in [0, 0.1) is 0 Å². The van der Waals surface area contributed by atoms with E-state index in [1.54, 1.807) is 0 Å². The van der Waals surface area contributed by atoms with Gasteiger partial charge >= 0.3 is 12.1 Å². The number of benzene rings is 1. The van der Waals surface area contributed by atoms with E-state index in [0.717, 1.165) is 19.1 Å². The first kappa shape index (κ1) is 12.6. The van der Waals surface area contributed by atoms with Gasteiger partial charge in [0.1, 0.15) is 0 Å². The fourth-order valence-corrected chi connectivity index (χ4v) is 1.22. The smallest absolute Gasteiger partial charge is 0.294 e. The maximum Gasteiger partial charge on any atom is 0.458 e. The lowest BCUT2D eigenvalue weighted by atomic mass is 9.99. The van der Waals surface area contributed by atoms with Gasteiger partial charge in [-0.15, -0.1) is 0 Å². The fraction of sp³-hybridized carbons (Fsp3) is 0.300. The Kier molecular flexibility index (Phi) is 3.03. The predicted octanol–water partition coefficient (Wildman–Crippen LogP) is 3.54. The monoisotopic (exact) mass is 238 g/mol.